The number of anilines is 1. The maximum absolute atomic E-state index is 11.9. The third kappa shape index (κ3) is 4.47. The average Bonchev–Trinajstić information content (AvgIpc) is 3.59. The van der Waals surface area contributed by atoms with Crippen molar-refractivity contribution in [2.24, 2.45) is 0 Å². The molecule has 0 unspecified atom stereocenters. The van der Waals surface area contributed by atoms with Gasteiger partial charge in [0.05, 0.1) is 12.9 Å². The zero-order chi connectivity index (χ0) is 25.4. The molecule has 0 radical (unpaired) electrons. The standard InChI is InChI=1S/C22H30N8O6/c1-4-34-22(33)29-7-5-12(6-8-29)26-17-13-18(24-9-23-17)30(10-25-13)21-15(32)14(31)16(35-21)20-28-27-19(36-20)11(2)3/h9-12,14-16,21,31-32H,4-8H2,1-3H3,(H,23,24,26)/t14-,15-,16-,21+/m0/s1. The van der Waals surface area contributed by atoms with Gasteiger partial charge in [-0.05, 0) is 19.8 Å². The van der Waals surface area contributed by atoms with Crippen LogP contribution in [0.2, 0.25) is 0 Å². The first kappa shape index (κ1) is 24.3. The largest absolute Gasteiger partial charge is 0.450 e. The fourth-order valence-electron chi connectivity index (χ4n) is 4.45. The Morgan fingerprint density at radius 3 is 2.67 bits per heavy atom. The topological polar surface area (TPSA) is 174 Å². The first-order chi connectivity index (χ1) is 17.4. The molecule has 2 aliphatic heterocycles. The van der Waals surface area contributed by atoms with Gasteiger partial charge in [-0.25, -0.2) is 19.7 Å². The van der Waals surface area contributed by atoms with E-state index in [0.29, 0.717) is 42.6 Å². The van der Waals surface area contributed by atoms with Crippen LogP contribution in [-0.4, -0.2) is 88.9 Å². The third-order valence-corrected chi connectivity index (χ3v) is 6.43. The van der Waals surface area contributed by atoms with Gasteiger partial charge in [0, 0.05) is 25.0 Å². The highest BCUT2D eigenvalue weighted by Crippen LogP contribution is 2.40. The molecule has 0 spiro atoms. The van der Waals surface area contributed by atoms with Gasteiger partial charge in [0.1, 0.15) is 18.5 Å². The number of likely N-dealkylation sites (tertiary alicyclic amines) is 1. The molecule has 5 rings (SSSR count). The normalized spacial score (nSPS) is 25.1. The lowest BCUT2D eigenvalue weighted by molar-refractivity contribution is -0.0440. The Hall–Kier alpha value is -3.36. The number of imidazole rings is 1. The summed E-state index contributed by atoms with van der Waals surface area (Å²) in [5, 5.41) is 32.8. The van der Waals surface area contributed by atoms with Crippen LogP contribution in [-0.2, 0) is 9.47 Å². The fourth-order valence-corrected chi connectivity index (χ4v) is 4.45. The molecule has 0 aromatic carbocycles. The third-order valence-electron chi connectivity index (χ3n) is 6.43. The second-order valence-electron chi connectivity index (χ2n) is 9.21. The average molecular weight is 503 g/mol. The summed E-state index contributed by atoms with van der Waals surface area (Å²) in [5.74, 6) is 1.08. The minimum atomic E-state index is -1.28. The maximum atomic E-state index is 11.9. The molecule has 1 amide bonds. The molecule has 3 aromatic heterocycles. The Labute approximate surface area is 206 Å². The highest BCUT2D eigenvalue weighted by Gasteiger charge is 2.47. The van der Waals surface area contributed by atoms with E-state index in [4.69, 9.17) is 13.9 Å². The molecule has 2 fully saturated rings. The lowest BCUT2D eigenvalue weighted by Crippen LogP contribution is -2.42. The van der Waals surface area contributed by atoms with E-state index in [1.807, 2.05) is 13.8 Å². The highest BCUT2D eigenvalue weighted by atomic mass is 16.6. The molecule has 36 heavy (non-hydrogen) atoms. The summed E-state index contributed by atoms with van der Waals surface area (Å²) >= 11 is 0. The molecule has 5 heterocycles. The second-order valence-corrected chi connectivity index (χ2v) is 9.21. The zero-order valence-corrected chi connectivity index (χ0v) is 20.3. The number of aliphatic hydroxyl groups is 2. The summed E-state index contributed by atoms with van der Waals surface area (Å²) in [6, 6.07) is 0.0890. The number of hydrogen-bond acceptors (Lipinski definition) is 12. The number of ether oxygens (including phenoxy) is 2. The summed E-state index contributed by atoms with van der Waals surface area (Å²) in [5.41, 5.74) is 0.931. The summed E-state index contributed by atoms with van der Waals surface area (Å²) in [7, 11) is 0. The summed E-state index contributed by atoms with van der Waals surface area (Å²) in [4.78, 5) is 26.8. The Bertz CT molecular complexity index is 1210. The van der Waals surface area contributed by atoms with E-state index in [2.05, 4.69) is 30.5 Å². The number of aromatic nitrogens is 6. The molecule has 4 atom stereocenters. The first-order valence-corrected chi connectivity index (χ1v) is 12.1. The van der Waals surface area contributed by atoms with Gasteiger partial charge in [0.15, 0.2) is 29.3 Å². The van der Waals surface area contributed by atoms with Crippen molar-refractivity contribution >= 4 is 23.1 Å². The predicted molar refractivity (Wildman–Crippen MR) is 124 cm³/mol. The van der Waals surface area contributed by atoms with Crippen LogP contribution in [0.5, 0.6) is 0 Å². The molecule has 3 aromatic rings. The van der Waals surface area contributed by atoms with Crippen LogP contribution in [0.3, 0.4) is 0 Å². The van der Waals surface area contributed by atoms with Gasteiger partial charge in [0.2, 0.25) is 11.8 Å². The highest BCUT2D eigenvalue weighted by molar-refractivity contribution is 5.82. The van der Waals surface area contributed by atoms with Crippen LogP contribution in [0.1, 0.15) is 63.6 Å². The quantitative estimate of drug-likeness (QED) is 0.442. The van der Waals surface area contributed by atoms with Crippen LogP contribution in [0, 0.1) is 0 Å². The molecule has 14 nitrogen and oxygen atoms in total. The van der Waals surface area contributed by atoms with Crippen LogP contribution >= 0.6 is 0 Å². The van der Waals surface area contributed by atoms with Gasteiger partial charge in [-0.3, -0.25) is 4.57 Å². The van der Waals surface area contributed by atoms with Crippen LogP contribution in [0.4, 0.5) is 10.6 Å². The Balaban J connectivity index is 1.31. The molecular weight excluding hydrogens is 472 g/mol. The van der Waals surface area contributed by atoms with E-state index in [1.165, 1.54) is 12.7 Å². The van der Waals surface area contributed by atoms with Crippen molar-refractivity contribution in [2.45, 2.75) is 70.1 Å². The Morgan fingerprint density at radius 1 is 1.19 bits per heavy atom. The fraction of sp³-hybridized carbons (Fsp3) is 0.636. The first-order valence-electron chi connectivity index (χ1n) is 12.1. The predicted octanol–water partition coefficient (Wildman–Crippen LogP) is 1.36. The molecule has 2 aliphatic rings. The Kier molecular flexibility index (Phi) is 6.73. The summed E-state index contributed by atoms with van der Waals surface area (Å²) in [6.07, 6.45) is -0.472. The summed E-state index contributed by atoms with van der Waals surface area (Å²) in [6.45, 7) is 7.12. The number of nitrogens with zero attached hydrogens (tertiary/aromatic N) is 7. The minimum absolute atomic E-state index is 0.0168. The van der Waals surface area contributed by atoms with Crippen LogP contribution in [0.25, 0.3) is 11.2 Å². The molecule has 0 aliphatic carbocycles. The van der Waals surface area contributed by atoms with Crippen molar-refractivity contribution in [3.63, 3.8) is 0 Å². The number of fused-ring (bicyclic) bond motifs is 1. The molecule has 0 bridgehead atoms. The van der Waals surface area contributed by atoms with Gasteiger partial charge in [-0.2, -0.15) is 0 Å². The van der Waals surface area contributed by atoms with Gasteiger partial charge < -0.3 is 34.3 Å². The summed E-state index contributed by atoms with van der Waals surface area (Å²) < 4.78 is 18.2. The van der Waals surface area contributed by atoms with E-state index in [0.717, 1.165) is 12.8 Å². The van der Waals surface area contributed by atoms with Crippen molar-refractivity contribution in [1.82, 2.24) is 34.6 Å². The van der Waals surface area contributed by atoms with Crippen molar-refractivity contribution in [1.29, 1.82) is 0 Å². The molecule has 194 valence electrons. The monoisotopic (exact) mass is 502 g/mol. The molecule has 3 N–H and O–H groups in total. The van der Waals surface area contributed by atoms with Crippen LogP contribution < -0.4 is 5.32 Å². The number of carbonyl (C=O) groups is 1. The molecule has 14 heteroatoms. The van der Waals surface area contributed by atoms with Crippen LogP contribution in [0.15, 0.2) is 17.1 Å². The Morgan fingerprint density at radius 2 is 1.97 bits per heavy atom. The van der Waals surface area contributed by atoms with Gasteiger partial charge in [-0.1, -0.05) is 13.8 Å². The van der Waals surface area contributed by atoms with Crippen molar-refractivity contribution in [3.8, 4) is 0 Å². The number of piperidine rings is 1. The number of hydrogen-bond donors (Lipinski definition) is 3. The zero-order valence-electron chi connectivity index (χ0n) is 20.3. The van der Waals surface area contributed by atoms with E-state index in [1.54, 1.807) is 16.4 Å². The lowest BCUT2D eigenvalue weighted by atomic mass is 10.1. The van der Waals surface area contributed by atoms with E-state index < -0.39 is 24.5 Å². The maximum Gasteiger partial charge on any atom is 0.409 e. The molecular formula is C22H30N8O6. The van der Waals surface area contributed by atoms with E-state index >= 15 is 0 Å². The molecule has 2 saturated heterocycles. The van der Waals surface area contributed by atoms with Gasteiger partial charge in [-0.15, -0.1) is 10.2 Å². The SMILES string of the molecule is CCOC(=O)N1CCC(Nc2ncnc3c2ncn3[C@@H]2O[C@H](c3nnc(C(C)C)o3)[C@@H](O)[C@@H]2O)CC1. The smallest absolute Gasteiger partial charge is 0.409 e. The van der Waals surface area contributed by atoms with Gasteiger partial charge in [0.25, 0.3) is 0 Å². The van der Waals surface area contributed by atoms with Crippen molar-refractivity contribution in [3.05, 3.63) is 24.4 Å². The number of carbonyl (C=O) groups excluding carboxylic acids is 1. The second kappa shape index (κ2) is 9.95. The number of amides is 1. The van der Waals surface area contributed by atoms with E-state index in [9.17, 15) is 15.0 Å². The van der Waals surface area contributed by atoms with Crippen molar-refractivity contribution in [2.75, 3.05) is 25.0 Å². The number of rotatable bonds is 6. The van der Waals surface area contributed by atoms with Crippen molar-refractivity contribution < 1.29 is 28.9 Å². The lowest BCUT2D eigenvalue weighted by Gasteiger charge is -2.31. The number of aliphatic hydroxyl groups excluding tert-OH is 2. The molecule has 0 saturated carbocycles. The number of nitrogens with one attached hydrogen (secondary N) is 1. The minimum Gasteiger partial charge on any atom is -0.450 e. The van der Waals surface area contributed by atoms with E-state index in [-0.39, 0.29) is 23.9 Å². The van der Waals surface area contributed by atoms with Gasteiger partial charge >= 0.3 is 6.09 Å².